The fourth-order valence-electron chi connectivity index (χ4n) is 3.11. The van der Waals surface area contributed by atoms with Gasteiger partial charge in [0.05, 0.1) is 12.8 Å². The first-order valence-electron chi connectivity index (χ1n) is 8.58. The molecule has 134 valence electrons. The summed E-state index contributed by atoms with van der Waals surface area (Å²) < 4.78 is 5.32. The summed E-state index contributed by atoms with van der Waals surface area (Å²) in [5.41, 5.74) is 0. The Balaban J connectivity index is 1.53. The number of anilines is 2. The summed E-state index contributed by atoms with van der Waals surface area (Å²) in [5, 5.41) is 8.53. The Kier molecular flexibility index (Phi) is 5.21. The maximum atomic E-state index is 12.6. The zero-order valence-electron chi connectivity index (χ0n) is 15.1. The van der Waals surface area contributed by atoms with Crippen LogP contribution in [0.2, 0.25) is 0 Å². The Labute approximate surface area is 148 Å². The SMILES string of the molecule is CN(Cc1ccco1)C(=O)C1CCN(c2ccc(N(C)C)nn2)CC1. The predicted octanol–water partition coefficient (Wildman–Crippen LogP) is 2.01. The van der Waals surface area contributed by atoms with Crippen LogP contribution in [-0.4, -0.2) is 55.2 Å². The normalized spacial score (nSPS) is 15.2. The van der Waals surface area contributed by atoms with Gasteiger partial charge < -0.3 is 19.1 Å². The van der Waals surface area contributed by atoms with E-state index in [0.717, 1.165) is 43.3 Å². The first-order valence-corrected chi connectivity index (χ1v) is 8.58. The average Bonchev–Trinajstić information content (AvgIpc) is 3.14. The highest BCUT2D eigenvalue weighted by atomic mass is 16.3. The lowest BCUT2D eigenvalue weighted by Crippen LogP contribution is -2.41. The predicted molar refractivity (Wildman–Crippen MR) is 96.5 cm³/mol. The molecule has 0 bridgehead atoms. The largest absolute Gasteiger partial charge is 0.467 e. The van der Waals surface area contributed by atoms with E-state index < -0.39 is 0 Å². The van der Waals surface area contributed by atoms with Gasteiger partial charge >= 0.3 is 0 Å². The molecule has 0 saturated carbocycles. The molecule has 7 heteroatoms. The average molecular weight is 343 g/mol. The Bertz CT molecular complexity index is 676. The molecule has 0 N–H and O–H groups in total. The number of hydrogen-bond donors (Lipinski definition) is 0. The molecule has 1 saturated heterocycles. The van der Waals surface area contributed by atoms with E-state index in [1.165, 1.54) is 0 Å². The number of amides is 1. The van der Waals surface area contributed by atoms with Crippen LogP contribution in [0.4, 0.5) is 11.6 Å². The number of carbonyl (C=O) groups is 1. The lowest BCUT2D eigenvalue weighted by Gasteiger charge is -2.33. The number of rotatable bonds is 5. The fourth-order valence-corrected chi connectivity index (χ4v) is 3.11. The van der Waals surface area contributed by atoms with E-state index in [1.807, 2.05) is 50.3 Å². The third-order valence-electron chi connectivity index (χ3n) is 4.61. The Morgan fingerprint density at radius 3 is 2.52 bits per heavy atom. The van der Waals surface area contributed by atoms with Gasteiger partial charge in [0.2, 0.25) is 5.91 Å². The van der Waals surface area contributed by atoms with Gasteiger partial charge in [-0.3, -0.25) is 4.79 Å². The Morgan fingerprint density at radius 2 is 1.96 bits per heavy atom. The molecule has 1 aliphatic rings. The van der Waals surface area contributed by atoms with E-state index in [-0.39, 0.29) is 11.8 Å². The highest BCUT2D eigenvalue weighted by Crippen LogP contribution is 2.24. The summed E-state index contributed by atoms with van der Waals surface area (Å²) in [6, 6.07) is 7.70. The number of aromatic nitrogens is 2. The quantitative estimate of drug-likeness (QED) is 0.827. The lowest BCUT2D eigenvalue weighted by molar-refractivity contribution is -0.135. The molecule has 0 radical (unpaired) electrons. The standard InChI is InChI=1S/C18H25N5O2/c1-21(2)16-6-7-17(20-19-16)23-10-8-14(9-11-23)18(24)22(3)13-15-5-4-12-25-15/h4-7,12,14H,8-11,13H2,1-3H3. The second kappa shape index (κ2) is 7.55. The van der Waals surface area contributed by atoms with Crippen LogP contribution in [0.15, 0.2) is 34.9 Å². The summed E-state index contributed by atoms with van der Waals surface area (Å²) in [6.07, 6.45) is 3.30. The molecule has 3 rings (SSSR count). The van der Waals surface area contributed by atoms with Gasteiger partial charge in [-0.25, -0.2) is 0 Å². The van der Waals surface area contributed by atoms with Crippen LogP contribution < -0.4 is 9.80 Å². The minimum Gasteiger partial charge on any atom is -0.467 e. The summed E-state index contributed by atoms with van der Waals surface area (Å²) in [7, 11) is 5.72. The second-order valence-corrected chi connectivity index (χ2v) is 6.68. The third-order valence-corrected chi connectivity index (χ3v) is 4.61. The van der Waals surface area contributed by atoms with Gasteiger partial charge in [0, 0.05) is 40.2 Å². The number of piperidine rings is 1. The number of carbonyl (C=O) groups excluding carboxylic acids is 1. The van der Waals surface area contributed by atoms with Crippen LogP contribution in [0, 0.1) is 5.92 Å². The van der Waals surface area contributed by atoms with Crippen molar-refractivity contribution in [1.29, 1.82) is 0 Å². The van der Waals surface area contributed by atoms with Gasteiger partial charge in [-0.2, -0.15) is 0 Å². The molecule has 1 amide bonds. The molecule has 2 aromatic rings. The Hall–Kier alpha value is -2.57. The summed E-state index contributed by atoms with van der Waals surface area (Å²) >= 11 is 0. The van der Waals surface area contributed by atoms with E-state index in [0.29, 0.717) is 6.54 Å². The molecule has 0 aromatic carbocycles. The van der Waals surface area contributed by atoms with E-state index in [2.05, 4.69) is 15.1 Å². The van der Waals surface area contributed by atoms with Gasteiger partial charge in [0.1, 0.15) is 5.76 Å². The van der Waals surface area contributed by atoms with Gasteiger partial charge in [0.15, 0.2) is 11.6 Å². The van der Waals surface area contributed by atoms with Gasteiger partial charge in [-0.15, -0.1) is 10.2 Å². The molecule has 0 atom stereocenters. The van der Waals surface area contributed by atoms with Gasteiger partial charge in [0.25, 0.3) is 0 Å². The Morgan fingerprint density at radius 1 is 1.20 bits per heavy atom. The van der Waals surface area contributed by atoms with Crippen molar-refractivity contribution >= 4 is 17.5 Å². The van der Waals surface area contributed by atoms with Crippen LogP contribution in [0.5, 0.6) is 0 Å². The molecular formula is C18H25N5O2. The highest BCUT2D eigenvalue weighted by Gasteiger charge is 2.28. The molecule has 2 aromatic heterocycles. The van der Waals surface area contributed by atoms with Crippen molar-refractivity contribution < 1.29 is 9.21 Å². The van der Waals surface area contributed by atoms with Crippen molar-refractivity contribution in [1.82, 2.24) is 15.1 Å². The zero-order valence-corrected chi connectivity index (χ0v) is 15.1. The molecule has 0 aliphatic carbocycles. The minimum absolute atomic E-state index is 0.0604. The molecular weight excluding hydrogens is 318 g/mol. The molecule has 0 unspecified atom stereocenters. The molecule has 1 fully saturated rings. The first-order chi connectivity index (χ1) is 12.0. The molecule has 3 heterocycles. The van der Waals surface area contributed by atoms with Crippen LogP contribution in [-0.2, 0) is 11.3 Å². The van der Waals surface area contributed by atoms with Crippen LogP contribution in [0.1, 0.15) is 18.6 Å². The maximum absolute atomic E-state index is 12.6. The van der Waals surface area contributed by atoms with Crippen molar-refractivity contribution in [2.45, 2.75) is 19.4 Å². The molecule has 7 nitrogen and oxygen atoms in total. The van der Waals surface area contributed by atoms with Gasteiger partial charge in [-0.05, 0) is 37.1 Å². The van der Waals surface area contributed by atoms with E-state index >= 15 is 0 Å². The summed E-state index contributed by atoms with van der Waals surface area (Å²) in [6.45, 7) is 2.16. The smallest absolute Gasteiger partial charge is 0.225 e. The van der Waals surface area contributed by atoms with Crippen molar-refractivity contribution in [3.63, 3.8) is 0 Å². The van der Waals surface area contributed by atoms with Crippen LogP contribution in [0.25, 0.3) is 0 Å². The van der Waals surface area contributed by atoms with Crippen LogP contribution >= 0.6 is 0 Å². The molecule has 0 spiro atoms. The van der Waals surface area contributed by atoms with Crippen molar-refractivity contribution in [2.75, 3.05) is 44.0 Å². The fraction of sp³-hybridized carbons (Fsp3) is 0.500. The zero-order chi connectivity index (χ0) is 17.8. The van der Waals surface area contributed by atoms with E-state index in [4.69, 9.17) is 4.42 Å². The van der Waals surface area contributed by atoms with Crippen molar-refractivity contribution in [2.24, 2.45) is 5.92 Å². The third kappa shape index (κ3) is 4.10. The second-order valence-electron chi connectivity index (χ2n) is 6.68. The van der Waals surface area contributed by atoms with E-state index in [9.17, 15) is 4.79 Å². The lowest BCUT2D eigenvalue weighted by atomic mass is 9.95. The summed E-state index contributed by atoms with van der Waals surface area (Å²) in [5.74, 6) is 2.77. The van der Waals surface area contributed by atoms with Crippen LogP contribution in [0.3, 0.4) is 0 Å². The first kappa shape index (κ1) is 17.3. The number of nitrogens with zero attached hydrogens (tertiary/aromatic N) is 5. The highest BCUT2D eigenvalue weighted by molar-refractivity contribution is 5.78. The molecule has 25 heavy (non-hydrogen) atoms. The van der Waals surface area contributed by atoms with Gasteiger partial charge in [-0.1, -0.05) is 0 Å². The maximum Gasteiger partial charge on any atom is 0.225 e. The molecule has 1 aliphatic heterocycles. The number of furan rings is 1. The minimum atomic E-state index is 0.0604. The number of hydrogen-bond acceptors (Lipinski definition) is 6. The monoisotopic (exact) mass is 343 g/mol. The van der Waals surface area contributed by atoms with Crippen molar-refractivity contribution in [3.05, 3.63) is 36.3 Å². The summed E-state index contributed by atoms with van der Waals surface area (Å²) in [4.78, 5) is 18.5. The topological polar surface area (TPSA) is 65.7 Å². The van der Waals surface area contributed by atoms with Crippen molar-refractivity contribution in [3.8, 4) is 0 Å². The van der Waals surface area contributed by atoms with E-state index in [1.54, 1.807) is 11.2 Å².